The van der Waals surface area contributed by atoms with Crippen molar-refractivity contribution in [3.63, 3.8) is 0 Å². The predicted octanol–water partition coefficient (Wildman–Crippen LogP) is 2.65. The van der Waals surface area contributed by atoms with E-state index in [1.807, 2.05) is 36.0 Å². The minimum Gasteiger partial charge on any atom is -0.490 e. The Hall–Kier alpha value is -0.710. The van der Waals surface area contributed by atoms with Crippen LogP contribution in [-0.2, 0) is 11.2 Å². The Morgan fingerprint density at radius 2 is 2.20 bits per heavy atom. The Balaban J connectivity index is 1.59. The molecule has 0 radical (unpaired) electrons. The van der Waals surface area contributed by atoms with Gasteiger partial charge in [0.1, 0.15) is 11.9 Å². The number of hydrogen-bond acceptors (Lipinski definition) is 4. The van der Waals surface area contributed by atoms with Crippen LogP contribution in [0.3, 0.4) is 0 Å². The van der Waals surface area contributed by atoms with Crippen LogP contribution >= 0.6 is 11.8 Å². The highest BCUT2D eigenvalue weighted by Crippen LogP contribution is 2.39. The van der Waals surface area contributed by atoms with Crippen molar-refractivity contribution in [2.45, 2.75) is 37.4 Å². The molecule has 2 heterocycles. The molecule has 2 unspecified atom stereocenters. The molecule has 0 aromatic heterocycles. The van der Waals surface area contributed by atoms with Crippen LogP contribution in [0.1, 0.15) is 24.8 Å². The Labute approximate surface area is 124 Å². The first-order chi connectivity index (χ1) is 9.80. The van der Waals surface area contributed by atoms with Gasteiger partial charge in [0.15, 0.2) is 0 Å². The normalized spacial score (nSPS) is 29.8. The van der Waals surface area contributed by atoms with Crippen LogP contribution in [0, 0.1) is 0 Å². The highest BCUT2D eigenvalue weighted by Gasteiger charge is 2.41. The number of aliphatic hydroxyl groups excluding tert-OH is 1. The number of aliphatic hydroxyl groups is 1. The molecular weight excluding hydrogens is 272 g/mol. The number of rotatable bonds is 4. The second-order valence-corrected chi connectivity index (χ2v) is 6.79. The molecule has 3 rings (SSSR count). The third kappa shape index (κ3) is 3.30. The molecule has 0 saturated carbocycles. The first-order valence-electron chi connectivity index (χ1n) is 7.38. The van der Waals surface area contributed by atoms with Gasteiger partial charge >= 0.3 is 0 Å². The van der Waals surface area contributed by atoms with Crippen molar-refractivity contribution in [2.24, 2.45) is 0 Å². The van der Waals surface area contributed by atoms with Crippen LogP contribution in [0.4, 0.5) is 0 Å². The predicted molar refractivity (Wildman–Crippen MR) is 81.5 cm³/mol. The third-order valence-electron chi connectivity index (χ3n) is 4.14. The molecule has 2 saturated heterocycles. The van der Waals surface area contributed by atoms with Crippen LogP contribution in [0.25, 0.3) is 0 Å². The average molecular weight is 294 g/mol. The molecular formula is C16H22O3S. The lowest BCUT2D eigenvalue weighted by atomic mass is 9.91. The molecule has 20 heavy (non-hydrogen) atoms. The lowest BCUT2D eigenvalue weighted by molar-refractivity contribution is -0.0958. The molecule has 2 fully saturated rings. The second-order valence-electron chi connectivity index (χ2n) is 5.68. The van der Waals surface area contributed by atoms with E-state index in [0.29, 0.717) is 6.42 Å². The van der Waals surface area contributed by atoms with E-state index in [1.165, 1.54) is 5.75 Å². The molecule has 4 heteroatoms. The first kappa shape index (κ1) is 14.2. The van der Waals surface area contributed by atoms with Crippen LogP contribution in [0.5, 0.6) is 5.75 Å². The van der Waals surface area contributed by atoms with Gasteiger partial charge in [-0.1, -0.05) is 12.1 Å². The molecule has 1 aromatic carbocycles. The summed E-state index contributed by atoms with van der Waals surface area (Å²) in [5.41, 5.74) is 1.22. The highest BCUT2D eigenvalue weighted by molar-refractivity contribution is 7.99. The quantitative estimate of drug-likeness (QED) is 0.926. The summed E-state index contributed by atoms with van der Waals surface area (Å²) in [7, 11) is 0. The summed E-state index contributed by atoms with van der Waals surface area (Å²) in [4.78, 5) is 0. The zero-order chi connectivity index (χ0) is 13.8. The summed E-state index contributed by atoms with van der Waals surface area (Å²) in [5.74, 6) is 3.25. The lowest BCUT2D eigenvalue weighted by Gasteiger charge is -2.37. The Bertz CT molecular complexity index is 426. The average Bonchev–Trinajstić information content (AvgIpc) is 2.89. The maximum absolute atomic E-state index is 8.92. The summed E-state index contributed by atoms with van der Waals surface area (Å²) >= 11 is 1.99. The van der Waals surface area contributed by atoms with Crippen LogP contribution < -0.4 is 4.74 Å². The SMILES string of the molecule is OCCc1ccc(OC2CCOC3(CCSC3)C2)cc1. The van der Waals surface area contributed by atoms with Crippen LogP contribution in [0.2, 0.25) is 0 Å². The molecule has 0 aliphatic carbocycles. The fourth-order valence-corrected chi connectivity index (χ4v) is 4.38. The molecule has 110 valence electrons. The summed E-state index contributed by atoms with van der Waals surface area (Å²) < 4.78 is 12.1. The Morgan fingerprint density at radius 3 is 2.90 bits per heavy atom. The van der Waals surface area contributed by atoms with Crippen molar-refractivity contribution in [3.8, 4) is 5.75 Å². The maximum atomic E-state index is 8.92. The van der Waals surface area contributed by atoms with Gasteiger partial charge in [-0.2, -0.15) is 11.8 Å². The minimum atomic E-state index is 0.0738. The zero-order valence-electron chi connectivity index (χ0n) is 11.7. The highest BCUT2D eigenvalue weighted by atomic mass is 32.2. The van der Waals surface area contributed by atoms with E-state index in [9.17, 15) is 0 Å². The van der Waals surface area contributed by atoms with E-state index in [1.54, 1.807) is 0 Å². The van der Waals surface area contributed by atoms with Crippen molar-refractivity contribution in [2.75, 3.05) is 24.7 Å². The molecule has 1 N–H and O–H groups in total. The number of benzene rings is 1. The lowest BCUT2D eigenvalue weighted by Crippen LogP contribution is -2.43. The smallest absolute Gasteiger partial charge is 0.119 e. The van der Waals surface area contributed by atoms with Gasteiger partial charge in [-0.05, 0) is 36.3 Å². The molecule has 2 aliphatic heterocycles. The molecule has 1 aromatic rings. The van der Waals surface area contributed by atoms with Crippen LogP contribution in [-0.4, -0.2) is 41.5 Å². The monoisotopic (exact) mass is 294 g/mol. The van der Waals surface area contributed by atoms with Crippen molar-refractivity contribution in [3.05, 3.63) is 29.8 Å². The van der Waals surface area contributed by atoms with Crippen molar-refractivity contribution < 1.29 is 14.6 Å². The van der Waals surface area contributed by atoms with E-state index >= 15 is 0 Å². The van der Waals surface area contributed by atoms with Crippen molar-refractivity contribution in [1.82, 2.24) is 0 Å². The summed E-state index contributed by atoms with van der Waals surface area (Å²) in [6.07, 6.45) is 4.12. The van der Waals surface area contributed by atoms with Gasteiger partial charge in [0, 0.05) is 25.2 Å². The number of thioether (sulfide) groups is 1. The molecule has 3 nitrogen and oxygen atoms in total. The standard InChI is InChI=1S/C16H22O3S/c17-8-5-13-1-3-14(4-2-13)19-15-6-9-18-16(11-15)7-10-20-12-16/h1-4,15,17H,5-12H2. The van der Waals surface area contributed by atoms with Crippen molar-refractivity contribution in [1.29, 1.82) is 0 Å². The fraction of sp³-hybridized carbons (Fsp3) is 0.625. The molecule has 0 amide bonds. The summed E-state index contributed by atoms with van der Waals surface area (Å²) in [6, 6.07) is 8.09. The topological polar surface area (TPSA) is 38.7 Å². The van der Waals surface area contributed by atoms with Gasteiger partial charge < -0.3 is 14.6 Å². The fourth-order valence-electron chi connectivity index (χ4n) is 3.00. The van der Waals surface area contributed by atoms with E-state index in [2.05, 4.69) is 0 Å². The van der Waals surface area contributed by atoms with Crippen molar-refractivity contribution >= 4 is 11.8 Å². The van der Waals surface area contributed by atoms with Gasteiger partial charge in [0.2, 0.25) is 0 Å². The van der Waals surface area contributed by atoms with Crippen LogP contribution in [0.15, 0.2) is 24.3 Å². The van der Waals surface area contributed by atoms with Gasteiger partial charge in [0.05, 0.1) is 12.2 Å². The second kappa shape index (κ2) is 6.37. The molecule has 2 aliphatic rings. The summed E-state index contributed by atoms with van der Waals surface area (Å²) in [6.45, 7) is 1.01. The first-order valence-corrected chi connectivity index (χ1v) is 8.53. The van der Waals surface area contributed by atoms with Gasteiger partial charge in [-0.15, -0.1) is 0 Å². The zero-order valence-corrected chi connectivity index (χ0v) is 12.5. The third-order valence-corrected chi connectivity index (χ3v) is 5.36. The summed E-state index contributed by atoms with van der Waals surface area (Å²) in [5, 5.41) is 8.92. The van der Waals surface area contributed by atoms with Gasteiger partial charge in [0.25, 0.3) is 0 Å². The molecule has 2 atom stereocenters. The van der Waals surface area contributed by atoms with Gasteiger partial charge in [-0.25, -0.2) is 0 Å². The Morgan fingerprint density at radius 1 is 1.35 bits per heavy atom. The minimum absolute atomic E-state index is 0.0738. The molecule has 0 bridgehead atoms. The number of hydrogen-bond donors (Lipinski definition) is 1. The van der Waals surface area contributed by atoms with Gasteiger partial charge in [-0.3, -0.25) is 0 Å². The van der Waals surface area contributed by atoms with E-state index < -0.39 is 0 Å². The molecule has 1 spiro atoms. The van der Waals surface area contributed by atoms with E-state index in [4.69, 9.17) is 14.6 Å². The maximum Gasteiger partial charge on any atom is 0.119 e. The van der Waals surface area contributed by atoms with E-state index in [-0.39, 0.29) is 18.3 Å². The largest absolute Gasteiger partial charge is 0.490 e. The van der Waals surface area contributed by atoms with E-state index in [0.717, 1.165) is 42.9 Å². The number of ether oxygens (including phenoxy) is 2. The Kier molecular flexibility index (Phi) is 4.54.